The molecule has 0 saturated carbocycles. The van der Waals surface area contributed by atoms with Crippen LogP contribution in [-0.4, -0.2) is 59.9 Å². The number of carbonyl (C=O) groups is 1. The number of aromatic nitrogens is 2. The Kier molecular flexibility index (Phi) is 7.07. The Balaban J connectivity index is 1.39. The van der Waals surface area contributed by atoms with Crippen LogP contribution in [0.25, 0.3) is 0 Å². The lowest BCUT2D eigenvalue weighted by Crippen LogP contribution is -2.44. The van der Waals surface area contributed by atoms with Crippen LogP contribution < -0.4 is 19.3 Å². The Labute approximate surface area is 205 Å². The van der Waals surface area contributed by atoms with E-state index in [4.69, 9.17) is 21.1 Å². The van der Waals surface area contributed by atoms with Gasteiger partial charge in [0.15, 0.2) is 0 Å². The van der Waals surface area contributed by atoms with Crippen LogP contribution >= 0.6 is 11.6 Å². The molecule has 0 radical (unpaired) electrons. The van der Waals surface area contributed by atoms with Crippen molar-refractivity contribution in [3.8, 4) is 11.8 Å². The molecule has 1 N–H and O–H groups in total. The number of ether oxygens (including phenoxy) is 2. The molecule has 2 unspecified atom stereocenters. The maximum atomic E-state index is 11.3. The van der Waals surface area contributed by atoms with Gasteiger partial charge in [-0.3, -0.25) is 4.79 Å². The summed E-state index contributed by atoms with van der Waals surface area (Å²) >= 11 is 6.39. The molecule has 2 aliphatic rings. The topological polar surface area (TPSA) is 88.0 Å². The lowest BCUT2D eigenvalue weighted by molar-refractivity contribution is -0.137. The highest BCUT2D eigenvalue weighted by Crippen LogP contribution is 2.39. The fourth-order valence-electron chi connectivity index (χ4n) is 5.14. The van der Waals surface area contributed by atoms with Crippen LogP contribution in [0.3, 0.4) is 0 Å². The van der Waals surface area contributed by atoms with Gasteiger partial charge in [0.1, 0.15) is 6.10 Å². The number of aliphatic carboxylic acids is 1. The summed E-state index contributed by atoms with van der Waals surface area (Å²) in [4.78, 5) is 24.5. The Bertz CT molecular complexity index is 1020. The minimum Gasteiger partial charge on any atom is -0.481 e. The fourth-order valence-corrected chi connectivity index (χ4v) is 5.36. The van der Waals surface area contributed by atoms with Crippen molar-refractivity contribution < 1.29 is 19.4 Å². The first kappa shape index (κ1) is 24.4. The van der Waals surface area contributed by atoms with Gasteiger partial charge in [-0.05, 0) is 17.9 Å². The maximum Gasteiger partial charge on any atom is 0.305 e. The van der Waals surface area contributed by atoms with E-state index in [0.29, 0.717) is 16.8 Å². The Hall–Kier alpha value is -2.74. The number of hydrogen-bond acceptors (Lipinski definition) is 7. The number of piperidine rings is 1. The zero-order valence-corrected chi connectivity index (χ0v) is 21.0. The number of rotatable bonds is 7. The molecular weight excluding hydrogens is 456 g/mol. The summed E-state index contributed by atoms with van der Waals surface area (Å²) in [6.45, 7) is 8.94. The van der Waals surface area contributed by atoms with Crippen molar-refractivity contribution in [2.75, 3.05) is 36.5 Å². The predicted molar refractivity (Wildman–Crippen MR) is 132 cm³/mol. The molecule has 2 saturated heterocycles. The van der Waals surface area contributed by atoms with Gasteiger partial charge >= 0.3 is 5.97 Å². The van der Waals surface area contributed by atoms with Crippen molar-refractivity contribution in [3.05, 3.63) is 35.6 Å². The van der Waals surface area contributed by atoms with E-state index in [1.54, 1.807) is 19.5 Å². The SMILES string of the molecule is COc1cc(N2CCC(Oc3ccc(N4CC(C)(C)C[C@@H]4CC(=O)O)cn3)C(C)C2)c(Cl)cn1. The average Bonchev–Trinajstić information content (AvgIpc) is 3.09. The third kappa shape index (κ3) is 5.49. The molecule has 0 aliphatic carbocycles. The molecule has 0 aromatic carbocycles. The van der Waals surface area contributed by atoms with Crippen molar-refractivity contribution in [2.24, 2.45) is 11.3 Å². The fraction of sp³-hybridized carbons (Fsp3) is 0.560. The van der Waals surface area contributed by atoms with Crippen LogP contribution in [-0.2, 0) is 4.79 Å². The minimum absolute atomic E-state index is 0.0240. The zero-order chi connectivity index (χ0) is 24.5. The average molecular weight is 489 g/mol. The van der Waals surface area contributed by atoms with E-state index in [1.807, 2.05) is 18.2 Å². The van der Waals surface area contributed by atoms with Gasteiger partial charge in [-0.25, -0.2) is 9.97 Å². The Morgan fingerprint density at radius 3 is 2.68 bits per heavy atom. The Morgan fingerprint density at radius 1 is 1.26 bits per heavy atom. The van der Waals surface area contributed by atoms with Crippen LogP contribution in [0.4, 0.5) is 11.4 Å². The molecule has 4 rings (SSSR count). The number of anilines is 2. The van der Waals surface area contributed by atoms with Crippen molar-refractivity contribution in [3.63, 3.8) is 0 Å². The first-order chi connectivity index (χ1) is 16.1. The third-order valence-electron chi connectivity index (χ3n) is 6.75. The second-order valence-corrected chi connectivity index (χ2v) is 10.6. The highest BCUT2D eigenvalue weighted by molar-refractivity contribution is 6.33. The lowest BCUT2D eigenvalue weighted by Gasteiger charge is -2.38. The van der Waals surface area contributed by atoms with Crippen molar-refractivity contribution in [2.45, 2.75) is 52.2 Å². The van der Waals surface area contributed by atoms with Gasteiger partial charge < -0.3 is 24.4 Å². The number of pyridine rings is 2. The van der Waals surface area contributed by atoms with E-state index in [2.05, 4.69) is 40.5 Å². The molecule has 2 aromatic heterocycles. The smallest absolute Gasteiger partial charge is 0.305 e. The molecular formula is C25H33ClN4O4. The van der Waals surface area contributed by atoms with Crippen LogP contribution in [0.5, 0.6) is 11.8 Å². The molecule has 0 amide bonds. The first-order valence-electron chi connectivity index (χ1n) is 11.7. The van der Waals surface area contributed by atoms with Crippen molar-refractivity contribution >= 4 is 28.9 Å². The van der Waals surface area contributed by atoms with E-state index in [-0.39, 0.29) is 29.9 Å². The number of nitrogens with zero attached hydrogens (tertiary/aromatic N) is 4. The molecule has 0 spiro atoms. The van der Waals surface area contributed by atoms with Crippen molar-refractivity contribution in [1.29, 1.82) is 0 Å². The molecule has 2 fully saturated rings. The molecule has 3 atom stereocenters. The summed E-state index contributed by atoms with van der Waals surface area (Å²) in [5.41, 5.74) is 1.93. The highest BCUT2D eigenvalue weighted by Gasteiger charge is 2.38. The third-order valence-corrected chi connectivity index (χ3v) is 7.04. The summed E-state index contributed by atoms with van der Waals surface area (Å²) in [5, 5.41) is 9.92. The normalized spacial score (nSPS) is 24.2. The number of hydrogen-bond donors (Lipinski definition) is 1. The summed E-state index contributed by atoms with van der Waals surface area (Å²) < 4.78 is 11.5. The number of halogens is 1. The van der Waals surface area contributed by atoms with E-state index in [1.165, 1.54) is 0 Å². The van der Waals surface area contributed by atoms with E-state index in [9.17, 15) is 9.90 Å². The number of carboxylic acids is 1. The van der Waals surface area contributed by atoms with Crippen LogP contribution in [0.1, 0.15) is 40.0 Å². The number of carboxylic acid groups (broad SMARTS) is 1. The van der Waals surface area contributed by atoms with Gasteiger partial charge in [0.05, 0.1) is 42.3 Å². The molecule has 2 aromatic rings. The standard InChI is InChI=1S/C25H33ClN4O4/c1-16-14-29(20-10-23(33-4)28-13-19(20)26)8-7-21(16)34-22-6-5-17(12-27-22)30-15-25(2,3)11-18(30)9-24(31)32/h5-6,10,12-13,16,18,21H,7-9,11,14-15H2,1-4H3,(H,31,32)/t16?,18-,21?/m0/s1. The van der Waals surface area contributed by atoms with E-state index < -0.39 is 5.97 Å². The minimum atomic E-state index is -0.771. The first-order valence-corrected chi connectivity index (χ1v) is 12.1. The lowest BCUT2D eigenvalue weighted by atomic mass is 9.90. The molecule has 9 heteroatoms. The second kappa shape index (κ2) is 9.86. The Morgan fingerprint density at radius 2 is 2.03 bits per heavy atom. The van der Waals surface area contributed by atoms with Crippen LogP contribution in [0.2, 0.25) is 5.02 Å². The summed E-state index contributed by atoms with van der Waals surface area (Å²) in [5.74, 6) is 0.629. The van der Waals surface area contributed by atoms with Gasteiger partial charge in [-0.15, -0.1) is 0 Å². The summed E-state index contributed by atoms with van der Waals surface area (Å²) in [7, 11) is 1.60. The second-order valence-electron chi connectivity index (χ2n) is 10.1. The highest BCUT2D eigenvalue weighted by atomic mass is 35.5. The maximum absolute atomic E-state index is 11.3. The van der Waals surface area contributed by atoms with Gasteiger partial charge in [0, 0.05) is 50.1 Å². The molecule has 4 heterocycles. The largest absolute Gasteiger partial charge is 0.481 e. The molecule has 8 nitrogen and oxygen atoms in total. The predicted octanol–water partition coefficient (Wildman–Crippen LogP) is 4.51. The van der Waals surface area contributed by atoms with Gasteiger partial charge in [0.25, 0.3) is 0 Å². The van der Waals surface area contributed by atoms with Crippen LogP contribution in [0, 0.1) is 11.3 Å². The molecule has 2 aliphatic heterocycles. The molecule has 184 valence electrons. The summed E-state index contributed by atoms with van der Waals surface area (Å²) in [6.07, 6.45) is 5.28. The van der Waals surface area contributed by atoms with E-state index >= 15 is 0 Å². The number of methoxy groups -OCH3 is 1. The van der Waals surface area contributed by atoms with Gasteiger partial charge in [0.2, 0.25) is 11.8 Å². The van der Waals surface area contributed by atoms with Crippen molar-refractivity contribution in [1.82, 2.24) is 9.97 Å². The quantitative estimate of drug-likeness (QED) is 0.609. The van der Waals surface area contributed by atoms with Gasteiger partial charge in [-0.1, -0.05) is 32.4 Å². The molecule has 0 bridgehead atoms. The molecule has 34 heavy (non-hydrogen) atoms. The zero-order valence-electron chi connectivity index (χ0n) is 20.2. The van der Waals surface area contributed by atoms with Gasteiger partial charge in [-0.2, -0.15) is 0 Å². The monoisotopic (exact) mass is 488 g/mol. The van der Waals surface area contributed by atoms with E-state index in [0.717, 1.165) is 43.9 Å². The summed E-state index contributed by atoms with van der Waals surface area (Å²) in [6, 6.07) is 5.72. The van der Waals surface area contributed by atoms with Crippen LogP contribution in [0.15, 0.2) is 30.6 Å².